The SMILES string of the molecule is [2H]c1nc(-c2cc(-c3cccc4c3nc(-c3cc(C(C)C)cc(C(C)C)c3O)n4-c3ccc(-c4cc(C([2H])(C)C)cc(C([2H])(C)C)c4)cc3C)cc(C(C)(C)C)c2)c([2H])c(-c2c([2H])c([2H])c(C)c([2H])c2[2H])c1[2H]. The highest BCUT2D eigenvalue weighted by Crippen LogP contribution is 2.44. The van der Waals surface area contributed by atoms with Gasteiger partial charge in [-0.3, -0.25) is 9.55 Å². The second-order valence-corrected chi connectivity index (χ2v) is 19.3. The minimum Gasteiger partial charge on any atom is -0.507 e. The third kappa shape index (κ3) is 8.68. The van der Waals surface area contributed by atoms with Crippen LogP contribution < -0.4 is 0 Å². The molecule has 0 amide bonds. The van der Waals surface area contributed by atoms with E-state index in [2.05, 4.69) is 95.3 Å². The molecule has 0 radical (unpaired) electrons. The number of pyridine rings is 1. The van der Waals surface area contributed by atoms with E-state index in [9.17, 15) is 6.48 Å². The van der Waals surface area contributed by atoms with Crippen molar-refractivity contribution in [1.29, 1.82) is 0 Å². The van der Waals surface area contributed by atoms with Crippen LogP contribution in [0.3, 0.4) is 0 Å². The first-order chi connectivity index (χ1) is 33.9. The van der Waals surface area contributed by atoms with Crippen molar-refractivity contribution in [2.45, 2.75) is 119 Å². The van der Waals surface area contributed by atoms with Gasteiger partial charge in [-0.25, -0.2) is 4.98 Å². The molecule has 0 fully saturated rings. The summed E-state index contributed by atoms with van der Waals surface area (Å²) in [5.74, 6) is -0.942. The van der Waals surface area contributed by atoms with E-state index in [1.54, 1.807) is 0 Å². The number of rotatable bonds is 10. The molecule has 1 N–H and O–H groups in total. The van der Waals surface area contributed by atoms with Crippen LogP contribution in [0.5, 0.6) is 5.75 Å². The zero-order valence-electron chi connectivity index (χ0n) is 48.5. The summed E-state index contributed by atoms with van der Waals surface area (Å²) >= 11 is 0. The molecule has 64 heavy (non-hydrogen) atoms. The standard InChI is InChI=1S/C60H65N3O/c1-35(2)44-26-45(36(3)4)28-47(27-44)42-21-22-55(40(10)25-42)63-56-16-14-15-51(57(56)62-59(63)53-33-46(37(5)6)32-52(38(7)8)58(53)64)48-29-49(31-50(30-48)60(11,12)13)54-34-43(23-24-61-54)41-19-17-39(9)18-20-41/h14-38,64H,1-13H3/i17D,18D,19D,20D,23D,24D,34D,35D,36D. The second kappa shape index (κ2) is 17.4. The van der Waals surface area contributed by atoms with E-state index in [1.807, 2.05) is 82.3 Å². The number of phenolic OH excluding ortho intramolecular Hbond substituents is 1. The lowest BCUT2D eigenvalue weighted by atomic mass is 9.83. The van der Waals surface area contributed by atoms with E-state index in [0.29, 0.717) is 22.5 Å². The number of hydrogen-bond acceptors (Lipinski definition) is 3. The fraction of sp³-hybridized carbons (Fsp3) is 0.300. The van der Waals surface area contributed by atoms with Gasteiger partial charge in [0.15, 0.2) is 0 Å². The van der Waals surface area contributed by atoms with Gasteiger partial charge in [0.1, 0.15) is 11.6 Å². The topological polar surface area (TPSA) is 50.9 Å². The zero-order valence-corrected chi connectivity index (χ0v) is 39.5. The first kappa shape index (κ1) is 34.2. The highest BCUT2D eigenvalue weighted by atomic mass is 16.3. The number of benzene rings is 6. The Morgan fingerprint density at radius 3 is 1.94 bits per heavy atom. The summed E-state index contributed by atoms with van der Waals surface area (Å²) in [6.07, 6.45) is -0.467. The fourth-order valence-corrected chi connectivity index (χ4v) is 8.27. The predicted octanol–water partition coefficient (Wildman–Crippen LogP) is 16.9. The van der Waals surface area contributed by atoms with Gasteiger partial charge in [0.25, 0.3) is 0 Å². The van der Waals surface area contributed by atoms with Crippen LogP contribution in [0.1, 0.15) is 151 Å². The van der Waals surface area contributed by atoms with E-state index < -0.39 is 29.4 Å². The van der Waals surface area contributed by atoms with Crippen LogP contribution in [0.25, 0.3) is 72.7 Å². The molecule has 2 heterocycles. The Bertz CT molecular complexity index is 3470. The first-order valence-electron chi connectivity index (χ1n) is 26.8. The van der Waals surface area contributed by atoms with E-state index >= 15 is 0 Å². The Hall–Kier alpha value is -6.26. The van der Waals surface area contributed by atoms with Gasteiger partial charge in [0.05, 0.1) is 37.6 Å². The van der Waals surface area contributed by atoms with Crippen molar-refractivity contribution in [2.75, 3.05) is 0 Å². The number of fused-ring (bicyclic) bond motifs is 1. The van der Waals surface area contributed by atoms with Gasteiger partial charge in [-0.2, -0.15) is 0 Å². The molecule has 0 bridgehead atoms. The summed E-state index contributed by atoms with van der Waals surface area (Å²) in [5, 5.41) is 12.3. The summed E-state index contributed by atoms with van der Waals surface area (Å²) in [6.45, 7) is 25.6. The monoisotopic (exact) mass is 853 g/mol. The number of aryl methyl sites for hydroxylation is 1. The molecule has 0 spiro atoms. The number of hydrogen-bond donors (Lipinski definition) is 1. The number of imidazole rings is 1. The minimum absolute atomic E-state index is 0.00679. The maximum Gasteiger partial charge on any atom is 0.149 e. The summed E-state index contributed by atoms with van der Waals surface area (Å²) in [4.78, 5) is 10.0. The van der Waals surface area contributed by atoms with Gasteiger partial charge in [-0.1, -0.05) is 154 Å². The lowest BCUT2D eigenvalue weighted by Gasteiger charge is -2.22. The van der Waals surface area contributed by atoms with Crippen molar-refractivity contribution < 1.29 is 17.4 Å². The van der Waals surface area contributed by atoms with E-state index in [1.165, 1.54) is 6.92 Å². The molecule has 6 aromatic carbocycles. The number of para-hydroxylation sites is 1. The van der Waals surface area contributed by atoms with Crippen molar-refractivity contribution in [1.82, 2.24) is 14.5 Å². The zero-order chi connectivity index (χ0) is 53.7. The summed E-state index contributed by atoms with van der Waals surface area (Å²) in [5.41, 5.74) is 11.3. The van der Waals surface area contributed by atoms with Crippen LogP contribution >= 0.6 is 0 Å². The molecule has 8 aromatic rings. The van der Waals surface area contributed by atoms with Gasteiger partial charge in [-0.05, 0) is 153 Å². The largest absolute Gasteiger partial charge is 0.507 e. The minimum atomic E-state index is -0.887. The number of aromatic nitrogens is 3. The highest BCUT2D eigenvalue weighted by Gasteiger charge is 2.25. The summed E-state index contributed by atoms with van der Waals surface area (Å²) in [6, 6.07) is 26.2. The summed E-state index contributed by atoms with van der Waals surface area (Å²) in [7, 11) is 0. The van der Waals surface area contributed by atoms with Gasteiger partial charge < -0.3 is 5.11 Å². The Labute approximate surface area is 394 Å². The van der Waals surface area contributed by atoms with Gasteiger partial charge in [0.2, 0.25) is 0 Å². The Morgan fingerprint density at radius 1 is 0.625 bits per heavy atom. The molecule has 0 atom stereocenters. The molecule has 4 heteroatoms. The Morgan fingerprint density at radius 2 is 1.31 bits per heavy atom. The quantitative estimate of drug-likeness (QED) is 0.149. The van der Waals surface area contributed by atoms with Crippen LogP contribution in [0.15, 0.2) is 127 Å². The molecule has 0 aliphatic heterocycles. The third-order valence-corrected chi connectivity index (χ3v) is 12.2. The molecule has 2 aromatic heterocycles. The van der Waals surface area contributed by atoms with Crippen LogP contribution in [0.4, 0.5) is 0 Å². The fourth-order valence-electron chi connectivity index (χ4n) is 8.27. The molecule has 0 aliphatic carbocycles. The molecule has 0 unspecified atom stereocenters. The van der Waals surface area contributed by atoms with Crippen molar-refractivity contribution in [3.8, 4) is 67.5 Å². The molecule has 326 valence electrons. The Kier molecular flexibility index (Phi) is 9.28. The number of aromatic hydroxyl groups is 1. The third-order valence-electron chi connectivity index (χ3n) is 12.2. The van der Waals surface area contributed by atoms with Crippen molar-refractivity contribution >= 4 is 11.0 Å². The average molecular weight is 853 g/mol. The van der Waals surface area contributed by atoms with Crippen LogP contribution in [0, 0.1) is 13.8 Å². The van der Waals surface area contributed by atoms with Gasteiger partial charge in [0, 0.05) is 20.0 Å². The normalized spacial score (nSPS) is 14.5. The number of phenols is 1. The van der Waals surface area contributed by atoms with E-state index in [4.69, 9.17) is 16.0 Å². The van der Waals surface area contributed by atoms with E-state index in [0.717, 1.165) is 66.8 Å². The lowest BCUT2D eigenvalue weighted by molar-refractivity contribution is 0.466. The van der Waals surface area contributed by atoms with Crippen molar-refractivity contribution in [2.24, 2.45) is 0 Å². The maximum atomic E-state index is 12.3. The van der Waals surface area contributed by atoms with Crippen LogP contribution in [-0.4, -0.2) is 19.6 Å². The second-order valence-electron chi connectivity index (χ2n) is 19.3. The first-order valence-corrected chi connectivity index (χ1v) is 22.3. The molecule has 0 aliphatic rings. The van der Waals surface area contributed by atoms with Gasteiger partial charge in [-0.15, -0.1) is 0 Å². The highest BCUT2D eigenvalue weighted by molar-refractivity contribution is 5.97. The lowest BCUT2D eigenvalue weighted by Crippen LogP contribution is -2.11. The van der Waals surface area contributed by atoms with E-state index in [-0.39, 0.29) is 70.2 Å². The smallest absolute Gasteiger partial charge is 0.149 e. The molecule has 8 rings (SSSR count). The number of nitrogens with zero attached hydrogens (tertiary/aromatic N) is 3. The van der Waals surface area contributed by atoms with Crippen molar-refractivity contribution in [3.05, 3.63) is 166 Å². The molecular formula is C60H65N3O. The van der Waals surface area contributed by atoms with Crippen molar-refractivity contribution in [3.63, 3.8) is 0 Å². The molecule has 0 saturated carbocycles. The molecule has 0 saturated heterocycles. The molecule has 4 nitrogen and oxygen atoms in total. The molecular weight excluding hydrogens is 779 g/mol. The Balaban J connectivity index is 1.42. The average Bonchev–Trinajstić information content (AvgIpc) is 3.70. The maximum absolute atomic E-state index is 12.3. The van der Waals surface area contributed by atoms with Crippen LogP contribution in [-0.2, 0) is 5.41 Å². The predicted molar refractivity (Wildman–Crippen MR) is 272 cm³/mol. The summed E-state index contributed by atoms with van der Waals surface area (Å²) < 4.78 is 82.1. The van der Waals surface area contributed by atoms with Crippen LogP contribution in [0.2, 0.25) is 0 Å². The van der Waals surface area contributed by atoms with Gasteiger partial charge >= 0.3 is 0 Å².